The third kappa shape index (κ3) is 3.07. The standard InChI is InChI=1S/C13H18N4O/c1-3-8-14-9-11-10-17(16-15-11)12-4-6-13(18-2)7-5-12/h4-7,10,14H,3,8-9H2,1-2H3. The summed E-state index contributed by atoms with van der Waals surface area (Å²) in [6, 6.07) is 7.73. The molecule has 1 N–H and O–H groups in total. The molecule has 0 radical (unpaired) electrons. The van der Waals surface area contributed by atoms with E-state index in [1.807, 2.05) is 30.5 Å². The van der Waals surface area contributed by atoms with E-state index >= 15 is 0 Å². The Morgan fingerprint density at radius 1 is 1.28 bits per heavy atom. The Morgan fingerprint density at radius 2 is 2.06 bits per heavy atom. The highest BCUT2D eigenvalue weighted by atomic mass is 16.5. The van der Waals surface area contributed by atoms with Gasteiger partial charge in [0.15, 0.2) is 0 Å². The molecule has 0 atom stereocenters. The van der Waals surface area contributed by atoms with E-state index in [2.05, 4.69) is 22.6 Å². The van der Waals surface area contributed by atoms with Crippen molar-refractivity contribution in [1.82, 2.24) is 20.3 Å². The zero-order valence-electron chi connectivity index (χ0n) is 10.8. The molecule has 96 valence electrons. The van der Waals surface area contributed by atoms with Crippen LogP contribution in [0.1, 0.15) is 19.0 Å². The number of methoxy groups -OCH3 is 1. The fourth-order valence-electron chi connectivity index (χ4n) is 1.63. The maximum absolute atomic E-state index is 5.12. The number of hydrogen-bond donors (Lipinski definition) is 1. The predicted molar refractivity (Wildman–Crippen MR) is 69.9 cm³/mol. The quantitative estimate of drug-likeness (QED) is 0.789. The van der Waals surface area contributed by atoms with Gasteiger partial charge in [-0.1, -0.05) is 12.1 Å². The van der Waals surface area contributed by atoms with Crippen molar-refractivity contribution in [1.29, 1.82) is 0 Å². The van der Waals surface area contributed by atoms with Gasteiger partial charge < -0.3 is 10.1 Å². The number of rotatable bonds is 6. The molecule has 0 fully saturated rings. The number of benzene rings is 1. The lowest BCUT2D eigenvalue weighted by atomic mass is 10.3. The summed E-state index contributed by atoms with van der Waals surface area (Å²) in [5.74, 6) is 0.837. The molecule has 0 amide bonds. The molecule has 2 rings (SSSR count). The van der Waals surface area contributed by atoms with Gasteiger partial charge in [-0.15, -0.1) is 5.10 Å². The molecule has 0 aliphatic rings. The van der Waals surface area contributed by atoms with Gasteiger partial charge >= 0.3 is 0 Å². The monoisotopic (exact) mass is 246 g/mol. The second-order valence-electron chi connectivity index (χ2n) is 4.03. The van der Waals surface area contributed by atoms with Gasteiger partial charge in [0.1, 0.15) is 5.75 Å². The van der Waals surface area contributed by atoms with Crippen LogP contribution in [0.2, 0.25) is 0 Å². The van der Waals surface area contributed by atoms with E-state index in [1.54, 1.807) is 11.8 Å². The number of aromatic nitrogens is 3. The fraction of sp³-hybridized carbons (Fsp3) is 0.385. The van der Waals surface area contributed by atoms with Crippen molar-refractivity contribution >= 4 is 0 Å². The fourth-order valence-corrected chi connectivity index (χ4v) is 1.63. The van der Waals surface area contributed by atoms with Gasteiger partial charge in [-0.25, -0.2) is 4.68 Å². The van der Waals surface area contributed by atoms with Gasteiger partial charge in [0.25, 0.3) is 0 Å². The summed E-state index contributed by atoms with van der Waals surface area (Å²) in [5, 5.41) is 11.5. The predicted octanol–water partition coefficient (Wildman–Crippen LogP) is 1.78. The minimum Gasteiger partial charge on any atom is -0.497 e. The normalized spacial score (nSPS) is 10.6. The van der Waals surface area contributed by atoms with Crippen LogP contribution in [0.5, 0.6) is 5.75 Å². The second-order valence-corrected chi connectivity index (χ2v) is 4.03. The number of nitrogens with zero attached hydrogens (tertiary/aromatic N) is 3. The molecule has 0 unspecified atom stereocenters. The summed E-state index contributed by atoms with van der Waals surface area (Å²) in [4.78, 5) is 0. The van der Waals surface area contributed by atoms with E-state index in [4.69, 9.17) is 4.74 Å². The first-order valence-corrected chi connectivity index (χ1v) is 6.10. The average Bonchev–Trinajstić information content (AvgIpc) is 2.88. The van der Waals surface area contributed by atoms with Crippen LogP contribution in [0.25, 0.3) is 5.69 Å². The zero-order chi connectivity index (χ0) is 12.8. The van der Waals surface area contributed by atoms with E-state index in [-0.39, 0.29) is 0 Å². The van der Waals surface area contributed by atoms with Gasteiger partial charge in [-0.3, -0.25) is 0 Å². The number of ether oxygens (including phenoxy) is 1. The van der Waals surface area contributed by atoms with Crippen LogP contribution in [-0.4, -0.2) is 28.6 Å². The number of hydrogen-bond acceptors (Lipinski definition) is 4. The zero-order valence-corrected chi connectivity index (χ0v) is 10.8. The van der Waals surface area contributed by atoms with Gasteiger partial charge in [-0.2, -0.15) is 0 Å². The molecule has 0 saturated heterocycles. The lowest BCUT2D eigenvalue weighted by molar-refractivity contribution is 0.414. The molecule has 0 aliphatic carbocycles. The number of nitrogens with one attached hydrogen (secondary N) is 1. The largest absolute Gasteiger partial charge is 0.497 e. The molecule has 5 heteroatoms. The topological polar surface area (TPSA) is 52.0 Å². The Labute approximate surface area is 107 Å². The van der Waals surface area contributed by atoms with E-state index in [9.17, 15) is 0 Å². The van der Waals surface area contributed by atoms with Crippen LogP contribution in [0, 0.1) is 0 Å². The van der Waals surface area contributed by atoms with E-state index < -0.39 is 0 Å². The van der Waals surface area contributed by atoms with Gasteiger partial charge in [0.2, 0.25) is 0 Å². The molecular weight excluding hydrogens is 228 g/mol. The molecule has 0 spiro atoms. The van der Waals surface area contributed by atoms with Crippen molar-refractivity contribution in [2.75, 3.05) is 13.7 Å². The Bertz CT molecular complexity index is 478. The van der Waals surface area contributed by atoms with Gasteiger partial charge in [0.05, 0.1) is 24.7 Å². The molecule has 1 aromatic heterocycles. The van der Waals surface area contributed by atoms with Crippen LogP contribution in [0.15, 0.2) is 30.5 Å². The summed E-state index contributed by atoms with van der Waals surface area (Å²) in [5.41, 5.74) is 1.92. The lowest BCUT2D eigenvalue weighted by Crippen LogP contribution is -2.13. The third-order valence-corrected chi connectivity index (χ3v) is 2.61. The van der Waals surface area contributed by atoms with Crippen molar-refractivity contribution < 1.29 is 4.74 Å². The van der Waals surface area contributed by atoms with Crippen LogP contribution < -0.4 is 10.1 Å². The van der Waals surface area contributed by atoms with Crippen LogP contribution in [0.3, 0.4) is 0 Å². The molecule has 0 aliphatic heterocycles. The summed E-state index contributed by atoms with van der Waals surface area (Å²) in [7, 11) is 1.65. The first-order chi connectivity index (χ1) is 8.83. The molecule has 1 heterocycles. The summed E-state index contributed by atoms with van der Waals surface area (Å²) >= 11 is 0. The van der Waals surface area contributed by atoms with Crippen molar-refractivity contribution in [3.05, 3.63) is 36.2 Å². The van der Waals surface area contributed by atoms with Crippen molar-refractivity contribution in [3.8, 4) is 11.4 Å². The summed E-state index contributed by atoms with van der Waals surface area (Å²) in [6.45, 7) is 3.89. The Kier molecular flexibility index (Phi) is 4.30. The highest BCUT2D eigenvalue weighted by Crippen LogP contribution is 2.14. The average molecular weight is 246 g/mol. The molecule has 1 aromatic carbocycles. The van der Waals surface area contributed by atoms with Crippen molar-refractivity contribution in [3.63, 3.8) is 0 Å². The van der Waals surface area contributed by atoms with Gasteiger partial charge in [-0.05, 0) is 37.2 Å². The first kappa shape index (κ1) is 12.6. The van der Waals surface area contributed by atoms with E-state index in [0.717, 1.165) is 36.6 Å². The maximum Gasteiger partial charge on any atom is 0.119 e. The van der Waals surface area contributed by atoms with E-state index in [0.29, 0.717) is 0 Å². The van der Waals surface area contributed by atoms with Gasteiger partial charge in [0, 0.05) is 6.54 Å². The molecular formula is C13H18N4O. The highest BCUT2D eigenvalue weighted by molar-refractivity contribution is 5.36. The maximum atomic E-state index is 5.12. The molecule has 2 aromatic rings. The Hall–Kier alpha value is -1.88. The summed E-state index contributed by atoms with van der Waals surface area (Å²) in [6.07, 6.45) is 3.05. The minimum atomic E-state index is 0.754. The first-order valence-electron chi connectivity index (χ1n) is 6.10. The lowest BCUT2D eigenvalue weighted by Gasteiger charge is -2.02. The third-order valence-electron chi connectivity index (χ3n) is 2.61. The minimum absolute atomic E-state index is 0.754. The Balaban J connectivity index is 2.04. The van der Waals surface area contributed by atoms with Crippen LogP contribution >= 0.6 is 0 Å². The summed E-state index contributed by atoms with van der Waals surface area (Å²) < 4.78 is 6.89. The van der Waals surface area contributed by atoms with E-state index in [1.165, 1.54) is 0 Å². The Morgan fingerprint density at radius 3 is 2.72 bits per heavy atom. The molecule has 0 saturated carbocycles. The van der Waals surface area contributed by atoms with Crippen LogP contribution in [-0.2, 0) is 6.54 Å². The smallest absolute Gasteiger partial charge is 0.119 e. The highest BCUT2D eigenvalue weighted by Gasteiger charge is 2.02. The molecule has 5 nitrogen and oxygen atoms in total. The molecule has 18 heavy (non-hydrogen) atoms. The SMILES string of the molecule is CCCNCc1cn(-c2ccc(OC)cc2)nn1. The van der Waals surface area contributed by atoms with Crippen LogP contribution in [0.4, 0.5) is 0 Å². The van der Waals surface area contributed by atoms with Crippen molar-refractivity contribution in [2.45, 2.75) is 19.9 Å². The molecule has 0 bridgehead atoms. The van der Waals surface area contributed by atoms with Crippen molar-refractivity contribution in [2.24, 2.45) is 0 Å². The second kappa shape index (κ2) is 6.16.